The van der Waals surface area contributed by atoms with E-state index in [0.717, 1.165) is 12.0 Å². The zero-order valence-corrected chi connectivity index (χ0v) is 16.5. The number of sulfonamides is 1. The first-order valence-electron chi connectivity index (χ1n) is 9.59. The second-order valence-electron chi connectivity index (χ2n) is 7.50. The number of ether oxygens (including phenoxy) is 2. The van der Waals surface area contributed by atoms with Crippen molar-refractivity contribution in [2.24, 2.45) is 0 Å². The van der Waals surface area contributed by atoms with Crippen molar-refractivity contribution in [3.63, 3.8) is 0 Å². The highest BCUT2D eigenvalue weighted by Crippen LogP contribution is 2.32. The summed E-state index contributed by atoms with van der Waals surface area (Å²) < 4.78 is 37.6. The fourth-order valence-corrected chi connectivity index (χ4v) is 5.85. The molecule has 3 heterocycles. The summed E-state index contributed by atoms with van der Waals surface area (Å²) >= 11 is 0. The number of hydrogen-bond acceptors (Lipinski definition) is 5. The van der Waals surface area contributed by atoms with Crippen LogP contribution in [0.1, 0.15) is 41.6 Å². The second-order valence-corrected chi connectivity index (χ2v) is 9.51. The van der Waals surface area contributed by atoms with Gasteiger partial charge in [0.25, 0.3) is 5.91 Å². The number of aryl methyl sites for hydroxylation is 1. The average molecular weight is 394 g/mol. The van der Waals surface area contributed by atoms with Gasteiger partial charge in [-0.1, -0.05) is 0 Å². The van der Waals surface area contributed by atoms with Gasteiger partial charge in [0.05, 0.1) is 24.7 Å². The zero-order valence-electron chi connectivity index (χ0n) is 15.6. The number of hydrogen-bond donors (Lipinski definition) is 0. The van der Waals surface area contributed by atoms with Crippen LogP contribution in [0.15, 0.2) is 18.2 Å². The van der Waals surface area contributed by atoms with Gasteiger partial charge in [-0.3, -0.25) is 9.10 Å². The number of carbonyl (C=O) groups excluding carboxylic acids is 1. The molecule has 0 unspecified atom stereocenters. The van der Waals surface area contributed by atoms with Crippen molar-refractivity contribution < 1.29 is 22.7 Å². The maximum atomic E-state index is 12.9. The van der Waals surface area contributed by atoms with Crippen molar-refractivity contribution in [1.82, 2.24) is 4.90 Å². The van der Waals surface area contributed by atoms with Gasteiger partial charge in [-0.25, -0.2) is 8.42 Å². The minimum absolute atomic E-state index is 0.0287. The van der Waals surface area contributed by atoms with E-state index in [9.17, 15) is 13.2 Å². The molecule has 3 aliphatic rings. The predicted molar refractivity (Wildman–Crippen MR) is 101 cm³/mol. The fraction of sp³-hybridized carbons (Fsp3) is 0.632. The molecule has 0 saturated carbocycles. The van der Waals surface area contributed by atoms with Crippen LogP contribution in [0.25, 0.3) is 0 Å². The first kappa shape index (κ1) is 18.7. The molecule has 1 aromatic rings. The van der Waals surface area contributed by atoms with E-state index in [4.69, 9.17) is 9.47 Å². The zero-order chi connectivity index (χ0) is 19.1. The maximum absolute atomic E-state index is 12.9. The molecule has 0 bridgehead atoms. The van der Waals surface area contributed by atoms with Crippen LogP contribution in [-0.4, -0.2) is 63.6 Å². The minimum Gasteiger partial charge on any atom is -0.347 e. The summed E-state index contributed by atoms with van der Waals surface area (Å²) in [5, 5.41) is 0. The highest BCUT2D eigenvalue weighted by Gasteiger charge is 2.41. The molecule has 1 amide bonds. The van der Waals surface area contributed by atoms with E-state index in [2.05, 4.69) is 0 Å². The van der Waals surface area contributed by atoms with E-state index in [0.29, 0.717) is 63.4 Å². The highest BCUT2D eigenvalue weighted by molar-refractivity contribution is 7.92. The normalized spacial score (nSPS) is 24.3. The third kappa shape index (κ3) is 3.58. The molecule has 0 N–H and O–H groups in total. The van der Waals surface area contributed by atoms with Crippen molar-refractivity contribution >= 4 is 21.6 Å². The lowest BCUT2D eigenvalue weighted by atomic mass is 10.0. The Labute approximate surface area is 160 Å². The molecule has 3 fully saturated rings. The summed E-state index contributed by atoms with van der Waals surface area (Å²) in [6.45, 7) is 4.80. The van der Waals surface area contributed by atoms with Gasteiger partial charge in [0, 0.05) is 38.0 Å². The maximum Gasteiger partial charge on any atom is 0.253 e. The molecular formula is C19H26N2O5S. The van der Waals surface area contributed by atoms with Gasteiger partial charge in [0.15, 0.2) is 5.79 Å². The first-order valence-corrected chi connectivity index (χ1v) is 11.2. The Morgan fingerprint density at radius 1 is 1.07 bits per heavy atom. The van der Waals surface area contributed by atoms with Gasteiger partial charge in [-0.15, -0.1) is 0 Å². The number of nitrogens with zero attached hydrogens (tertiary/aromatic N) is 2. The van der Waals surface area contributed by atoms with Crippen LogP contribution < -0.4 is 4.31 Å². The van der Waals surface area contributed by atoms with E-state index in [-0.39, 0.29) is 11.7 Å². The van der Waals surface area contributed by atoms with Crippen LogP contribution in [0.5, 0.6) is 0 Å². The minimum atomic E-state index is -3.26. The molecular weight excluding hydrogens is 368 g/mol. The lowest BCUT2D eigenvalue weighted by Gasteiger charge is -2.37. The number of likely N-dealkylation sites (tertiary alicyclic amines) is 1. The smallest absolute Gasteiger partial charge is 0.253 e. The molecule has 1 aromatic carbocycles. The van der Waals surface area contributed by atoms with Gasteiger partial charge in [-0.2, -0.15) is 0 Å². The van der Waals surface area contributed by atoms with E-state index in [1.165, 1.54) is 4.31 Å². The first-order chi connectivity index (χ1) is 12.9. The largest absolute Gasteiger partial charge is 0.347 e. The summed E-state index contributed by atoms with van der Waals surface area (Å²) in [6.07, 6.45) is 2.93. The molecule has 0 atom stereocenters. The lowest BCUT2D eigenvalue weighted by Crippen LogP contribution is -2.47. The predicted octanol–water partition coefficient (Wildman–Crippen LogP) is 1.90. The third-order valence-corrected chi connectivity index (χ3v) is 7.54. The Morgan fingerprint density at radius 2 is 1.78 bits per heavy atom. The Balaban J connectivity index is 1.48. The van der Waals surface area contributed by atoms with Crippen LogP contribution in [0.4, 0.5) is 5.69 Å². The van der Waals surface area contributed by atoms with E-state index >= 15 is 0 Å². The summed E-state index contributed by atoms with van der Waals surface area (Å²) in [6, 6.07) is 5.30. The van der Waals surface area contributed by atoms with Crippen LogP contribution in [0, 0.1) is 6.92 Å². The van der Waals surface area contributed by atoms with Gasteiger partial charge >= 0.3 is 0 Å². The lowest BCUT2D eigenvalue weighted by molar-refractivity contribution is -0.181. The van der Waals surface area contributed by atoms with E-state index in [1.54, 1.807) is 18.2 Å². The average Bonchev–Trinajstić information content (AvgIpc) is 3.10. The molecule has 148 valence electrons. The molecule has 3 saturated heterocycles. The molecule has 8 heteroatoms. The quantitative estimate of drug-likeness (QED) is 0.766. The van der Waals surface area contributed by atoms with Crippen molar-refractivity contribution in [1.29, 1.82) is 0 Å². The van der Waals surface area contributed by atoms with Crippen molar-refractivity contribution in [3.8, 4) is 0 Å². The summed E-state index contributed by atoms with van der Waals surface area (Å²) in [5.41, 5.74) is 2.08. The second kappa shape index (κ2) is 7.07. The number of benzene rings is 1. The molecule has 0 aromatic heterocycles. The van der Waals surface area contributed by atoms with Gasteiger partial charge in [-0.05, 0) is 43.5 Å². The molecule has 27 heavy (non-hydrogen) atoms. The van der Waals surface area contributed by atoms with Gasteiger partial charge in [0.1, 0.15) is 0 Å². The number of carbonyl (C=O) groups is 1. The van der Waals surface area contributed by atoms with Gasteiger partial charge < -0.3 is 14.4 Å². The molecule has 0 aliphatic carbocycles. The SMILES string of the molecule is Cc1cc(C(=O)N2CCC3(CC2)OCCO3)ccc1N1CCCCS1(=O)=O. The summed E-state index contributed by atoms with van der Waals surface area (Å²) in [7, 11) is -3.26. The van der Waals surface area contributed by atoms with Crippen molar-refractivity contribution in [2.45, 2.75) is 38.4 Å². The molecule has 4 rings (SSSR count). The molecule has 7 nitrogen and oxygen atoms in total. The standard InChI is InChI=1S/C19H26N2O5S/c1-15-14-16(4-5-17(15)21-8-2-3-13-27(21,23)24)18(22)20-9-6-19(7-10-20)25-11-12-26-19/h4-5,14H,2-3,6-13H2,1H3. The topological polar surface area (TPSA) is 76.2 Å². The van der Waals surface area contributed by atoms with Crippen LogP contribution in [0.2, 0.25) is 0 Å². The van der Waals surface area contributed by atoms with Crippen molar-refractivity contribution in [3.05, 3.63) is 29.3 Å². The van der Waals surface area contributed by atoms with Crippen LogP contribution in [-0.2, 0) is 19.5 Å². The molecule has 0 radical (unpaired) electrons. The fourth-order valence-electron chi connectivity index (χ4n) is 4.15. The summed E-state index contributed by atoms with van der Waals surface area (Å²) in [4.78, 5) is 14.7. The third-order valence-electron chi connectivity index (χ3n) is 5.69. The Bertz CT molecular complexity index is 823. The van der Waals surface area contributed by atoms with E-state index in [1.807, 2.05) is 11.8 Å². The monoisotopic (exact) mass is 394 g/mol. The number of amides is 1. The van der Waals surface area contributed by atoms with Gasteiger partial charge in [0.2, 0.25) is 10.0 Å². The van der Waals surface area contributed by atoms with E-state index < -0.39 is 15.8 Å². The molecule has 1 spiro atoms. The van der Waals surface area contributed by atoms with Crippen LogP contribution in [0.3, 0.4) is 0 Å². The Hall–Kier alpha value is -1.64. The summed E-state index contributed by atoms with van der Waals surface area (Å²) in [5.74, 6) is -0.342. The van der Waals surface area contributed by atoms with Crippen LogP contribution >= 0.6 is 0 Å². The Kier molecular flexibility index (Phi) is 4.90. The number of anilines is 1. The molecule has 3 aliphatic heterocycles. The number of rotatable bonds is 2. The van der Waals surface area contributed by atoms with Crippen molar-refractivity contribution in [2.75, 3.05) is 42.9 Å². The highest BCUT2D eigenvalue weighted by atomic mass is 32.2. The number of piperidine rings is 1. The Morgan fingerprint density at radius 3 is 2.41 bits per heavy atom.